The van der Waals surface area contributed by atoms with Crippen molar-refractivity contribution >= 4 is 5.91 Å². The van der Waals surface area contributed by atoms with E-state index < -0.39 is 0 Å². The van der Waals surface area contributed by atoms with Crippen LogP contribution >= 0.6 is 0 Å². The van der Waals surface area contributed by atoms with Crippen molar-refractivity contribution in [3.63, 3.8) is 0 Å². The Morgan fingerprint density at radius 1 is 1.50 bits per heavy atom. The van der Waals surface area contributed by atoms with E-state index in [1.165, 1.54) is 0 Å². The molecule has 1 heterocycles. The second kappa shape index (κ2) is 3.90. The zero-order valence-corrected chi connectivity index (χ0v) is 7.92. The van der Waals surface area contributed by atoms with Crippen LogP contribution < -0.4 is 5.73 Å². The lowest BCUT2D eigenvalue weighted by Crippen LogP contribution is -2.45. The molecule has 1 saturated heterocycles. The first-order chi connectivity index (χ1) is 5.63. The Bertz CT molecular complexity index is 168. The Balaban J connectivity index is 2.64. The van der Waals surface area contributed by atoms with E-state index in [9.17, 15) is 4.79 Å². The third kappa shape index (κ3) is 1.97. The highest BCUT2D eigenvalue weighted by Gasteiger charge is 2.25. The molecule has 2 N–H and O–H groups in total. The molecule has 0 aromatic heterocycles. The van der Waals surface area contributed by atoms with E-state index in [1.807, 2.05) is 18.7 Å². The number of hydrogen-bond acceptors (Lipinski definition) is 2. The fourth-order valence-corrected chi connectivity index (χ4v) is 1.61. The maximum absolute atomic E-state index is 11.6. The van der Waals surface area contributed by atoms with E-state index in [0.29, 0.717) is 6.04 Å². The maximum Gasteiger partial charge on any atom is 0.239 e. The SMILES string of the molecule is CC(C)N1CCCCC(N)C1=O. The summed E-state index contributed by atoms with van der Waals surface area (Å²) in [6.07, 6.45) is 3.02. The van der Waals surface area contributed by atoms with E-state index in [2.05, 4.69) is 0 Å². The Morgan fingerprint density at radius 2 is 2.17 bits per heavy atom. The Kier molecular flexibility index (Phi) is 3.09. The standard InChI is InChI=1S/C9H18N2O/c1-7(2)11-6-4-3-5-8(10)9(11)12/h7-8H,3-6,10H2,1-2H3. The lowest BCUT2D eigenvalue weighted by Gasteiger charge is -2.26. The van der Waals surface area contributed by atoms with Crippen molar-refractivity contribution in [1.82, 2.24) is 4.90 Å². The van der Waals surface area contributed by atoms with Crippen molar-refractivity contribution in [3.8, 4) is 0 Å². The Hall–Kier alpha value is -0.570. The van der Waals surface area contributed by atoms with Crippen LogP contribution in [0.3, 0.4) is 0 Å². The summed E-state index contributed by atoms with van der Waals surface area (Å²) in [6, 6.07) is 0.0385. The molecular formula is C9H18N2O. The molecule has 1 aliphatic heterocycles. The second-order valence-corrected chi connectivity index (χ2v) is 3.73. The first kappa shape index (κ1) is 9.52. The third-order valence-corrected chi connectivity index (χ3v) is 2.39. The van der Waals surface area contributed by atoms with Gasteiger partial charge < -0.3 is 10.6 Å². The van der Waals surface area contributed by atoms with E-state index in [0.717, 1.165) is 25.8 Å². The average Bonchev–Trinajstić information content (AvgIpc) is 2.15. The van der Waals surface area contributed by atoms with E-state index >= 15 is 0 Å². The van der Waals surface area contributed by atoms with Gasteiger partial charge in [0.1, 0.15) is 0 Å². The van der Waals surface area contributed by atoms with Gasteiger partial charge in [-0.1, -0.05) is 0 Å². The topological polar surface area (TPSA) is 46.3 Å². The monoisotopic (exact) mass is 170 g/mol. The highest BCUT2D eigenvalue weighted by atomic mass is 16.2. The van der Waals surface area contributed by atoms with E-state index in [-0.39, 0.29) is 11.9 Å². The second-order valence-electron chi connectivity index (χ2n) is 3.73. The first-order valence-corrected chi connectivity index (χ1v) is 4.69. The van der Waals surface area contributed by atoms with Gasteiger partial charge in [-0.15, -0.1) is 0 Å². The van der Waals surface area contributed by atoms with Crippen LogP contribution in [0, 0.1) is 0 Å². The van der Waals surface area contributed by atoms with Crippen molar-refractivity contribution in [1.29, 1.82) is 0 Å². The average molecular weight is 170 g/mol. The minimum atomic E-state index is -0.255. The summed E-state index contributed by atoms with van der Waals surface area (Å²) in [5.74, 6) is 0.127. The highest BCUT2D eigenvalue weighted by molar-refractivity contribution is 5.82. The summed E-state index contributed by atoms with van der Waals surface area (Å²) in [4.78, 5) is 13.5. The molecule has 3 heteroatoms. The molecule has 1 amide bonds. The normalized spacial score (nSPS) is 26.2. The van der Waals surface area contributed by atoms with Gasteiger partial charge in [0.2, 0.25) is 5.91 Å². The number of hydrogen-bond donors (Lipinski definition) is 1. The largest absolute Gasteiger partial charge is 0.339 e. The summed E-state index contributed by atoms with van der Waals surface area (Å²) in [5.41, 5.74) is 5.72. The fraction of sp³-hybridized carbons (Fsp3) is 0.889. The minimum absolute atomic E-state index is 0.127. The fourth-order valence-electron chi connectivity index (χ4n) is 1.61. The summed E-state index contributed by atoms with van der Waals surface area (Å²) in [7, 11) is 0. The molecule has 1 rings (SSSR count). The lowest BCUT2D eigenvalue weighted by atomic mass is 10.1. The number of likely N-dealkylation sites (tertiary alicyclic amines) is 1. The molecule has 1 aliphatic rings. The number of carbonyl (C=O) groups excluding carboxylic acids is 1. The summed E-state index contributed by atoms with van der Waals surface area (Å²) >= 11 is 0. The van der Waals surface area contributed by atoms with Gasteiger partial charge in [-0.2, -0.15) is 0 Å². The Labute approximate surface area is 73.9 Å². The van der Waals surface area contributed by atoms with Crippen molar-refractivity contribution in [3.05, 3.63) is 0 Å². The third-order valence-electron chi connectivity index (χ3n) is 2.39. The molecule has 70 valence electrons. The molecule has 0 aliphatic carbocycles. The first-order valence-electron chi connectivity index (χ1n) is 4.69. The number of rotatable bonds is 1. The predicted octanol–water partition coefficient (Wildman–Crippen LogP) is 0.735. The zero-order chi connectivity index (χ0) is 9.14. The van der Waals surface area contributed by atoms with Gasteiger partial charge in [-0.3, -0.25) is 4.79 Å². The number of nitrogens with zero attached hydrogens (tertiary/aromatic N) is 1. The zero-order valence-electron chi connectivity index (χ0n) is 7.92. The summed E-state index contributed by atoms with van der Waals surface area (Å²) in [5, 5.41) is 0. The molecule has 0 spiro atoms. The molecule has 0 aromatic carbocycles. The van der Waals surface area contributed by atoms with E-state index in [4.69, 9.17) is 5.73 Å². The molecule has 1 fully saturated rings. The Morgan fingerprint density at radius 3 is 2.75 bits per heavy atom. The highest BCUT2D eigenvalue weighted by Crippen LogP contribution is 2.12. The molecule has 0 bridgehead atoms. The van der Waals surface area contributed by atoms with Gasteiger partial charge >= 0.3 is 0 Å². The van der Waals surface area contributed by atoms with Gasteiger partial charge in [0.15, 0.2) is 0 Å². The van der Waals surface area contributed by atoms with Gasteiger partial charge in [-0.25, -0.2) is 0 Å². The number of nitrogens with two attached hydrogens (primary N) is 1. The molecule has 1 unspecified atom stereocenters. The predicted molar refractivity (Wildman–Crippen MR) is 48.7 cm³/mol. The molecular weight excluding hydrogens is 152 g/mol. The van der Waals surface area contributed by atoms with Crippen LogP contribution in [0.4, 0.5) is 0 Å². The van der Waals surface area contributed by atoms with Gasteiger partial charge in [-0.05, 0) is 33.1 Å². The summed E-state index contributed by atoms with van der Waals surface area (Å²) < 4.78 is 0. The van der Waals surface area contributed by atoms with Crippen LogP contribution in [0.2, 0.25) is 0 Å². The van der Waals surface area contributed by atoms with Crippen LogP contribution in [-0.2, 0) is 4.79 Å². The quantitative estimate of drug-likeness (QED) is 0.630. The van der Waals surface area contributed by atoms with Crippen molar-refractivity contribution in [2.75, 3.05) is 6.54 Å². The molecule has 12 heavy (non-hydrogen) atoms. The smallest absolute Gasteiger partial charge is 0.239 e. The molecule has 0 radical (unpaired) electrons. The van der Waals surface area contributed by atoms with Crippen LogP contribution in [0.25, 0.3) is 0 Å². The number of amides is 1. The van der Waals surface area contributed by atoms with Gasteiger partial charge in [0.25, 0.3) is 0 Å². The van der Waals surface area contributed by atoms with Crippen LogP contribution in [0.5, 0.6) is 0 Å². The van der Waals surface area contributed by atoms with Crippen molar-refractivity contribution < 1.29 is 4.79 Å². The van der Waals surface area contributed by atoms with Gasteiger partial charge in [0.05, 0.1) is 6.04 Å². The molecule has 1 atom stereocenters. The van der Waals surface area contributed by atoms with Gasteiger partial charge in [0, 0.05) is 12.6 Å². The molecule has 3 nitrogen and oxygen atoms in total. The van der Waals surface area contributed by atoms with Crippen LogP contribution in [0.1, 0.15) is 33.1 Å². The number of carbonyl (C=O) groups is 1. The minimum Gasteiger partial charge on any atom is -0.339 e. The van der Waals surface area contributed by atoms with E-state index in [1.54, 1.807) is 0 Å². The molecule has 0 aromatic rings. The van der Waals surface area contributed by atoms with Crippen molar-refractivity contribution in [2.24, 2.45) is 5.73 Å². The summed E-state index contributed by atoms with van der Waals surface area (Å²) in [6.45, 7) is 4.95. The lowest BCUT2D eigenvalue weighted by molar-refractivity contribution is -0.133. The van der Waals surface area contributed by atoms with Crippen molar-refractivity contribution in [2.45, 2.75) is 45.2 Å². The maximum atomic E-state index is 11.6. The van der Waals surface area contributed by atoms with Crippen LogP contribution in [0.15, 0.2) is 0 Å². The molecule has 0 saturated carbocycles. The van der Waals surface area contributed by atoms with Crippen LogP contribution in [-0.4, -0.2) is 29.4 Å².